The van der Waals surface area contributed by atoms with Crippen LogP contribution in [0.15, 0.2) is 30.6 Å². The molecule has 0 radical (unpaired) electrons. The Kier molecular flexibility index (Phi) is 4.73. The zero-order valence-corrected chi connectivity index (χ0v) is 15.6. The predicted octanol–water partition coefficient (Wildman–Crippen LogP) is 2.12. The fourth-order valence-corrected chi connectivity index (χ4v) is 4.33. The predicted molar refractivity (Wildman–Crippen MR) is 101 cm³/mol. The molecule has 1 saturated heterocycles. The topological polar surface area (TPSA) is 62.5 Å². The summed E-state index contributed by atoms with van der Waals surface area (Å²) < 4.78 is 7.04. The first-order chi connectivity index (χ1) is 12.6. The van der Waals surface area contributed by atoms with Crippen molar-refractivity contribution in [1.82, 2.24) is 14.7 Å². The van der Waals surface area contributed by atoms with Crippen molar-refractivity contribution in [1.29, 1.82) is 0 Å². The summed E-state index contributed by atoms with van der Waals surface area (Å²) in [5, 5.41) is 18.4. The number of anilines is 1. The SMILES string of the molecule is COCCn1cc(CN2CCC3(CC2)c2cc(C)ccc2NC3O)cn1. The largest absolute Gasteiger partial charge is 0.383 e. The first-order valence-electron chi connectivity index (χ1n) is 9.39. The Morgan fingerprint density at radius 2 is 2.15 bits per heavy atom. The van der Waals surface area contributed by atoms with Crippen LogP contribution in [0, 0.1) is 6.92 Å². The summed E-state index contributed by atoms with van der Waals surface area (Å²) in [5.74, 6) is 0. The van der Waals surface area contributed by atoms with Crippen molar-refractivity contribution >= 4 is 5.69 Å². The van der Waals surface area contributed by atoms with E-state index >= 15 is 0 Å². The molecule has 1 unspecified atom stereocenters. The van der Waals surface area contributed by atoms with E-state index in [9.17, 15) is 5.11 Å². The van der Waals surface area contributed by atoms with E-state index in [0.29, 0.717) is 6.61 Å². The number of aliphatic hydroxyl groups excluding tert-OH is 1. The lowest BCUT2D eigenvalue weighted by Gasteiger charge is -2.41. The summed E-state index contributed by atoms with van der Waals surface area (Å²) in [7, 11) is 1.71. The van der Waals surface area contributed by atoms with Crippen molar-refractivity contribution in [2.24, 2.45) is 0 Å². The van der Waals surface area contributed by atoms with Crippen molar-refractivity contribution in [3.63, 3.8) is 0 Å². The second-order valence-electron chi connectivity index (χ2n) is 7.63. The van der Waals surface area contributed by atoms with Crippen molar-refractivity contribution in [2.45, 2.75) is 44.5 Å². The molecule has 3 heterocycles. The molecule has 1 atom stereocenters. The highest BCUT2D eigenvalue weighted by Crippen LogP contribution is 2.47. The number of hydrogen-bond acceptors (Lipinski definition) is 5. The van der Waals surface area contributed by atoms with Gasteiger partial charge in [-0.05, 0) is 44.5 Å². The summed E-state index contributed by atoms with van der Waals surface area (Å²) in [5.41, 5.74) is 4.72. The molecule has 140 valence electrons. The quantitative estimate of drug-likeness (QED) is 0.859. The highest BCUT2D eigenvalue weighted by molar-refractivity contribution is 5.62. The Bertz CT molecular complexity index is 765. The number of hydrogen-bond donors (Lipinski definition) is 2. The normalized spacial score (nSPS) is 21.7. The summed E-state index contributed by atoms with van der Waals surface area (Å²) >= 11 is 0. The Morgan fingerprint density at radius 1 is 1.35 bits per heavy atom. The van der Waals surface area contributed by atoms with Gasteiger partial charge in [-0.25, -0.2) is 0 Å². The maximum absolute atomic E-state index is 10.7. The molecular weight excluding hydrogens is 328 g/mol. The van der Waals surface area contributed by atoms with E-state index in [4.69, 9.17) is 4.74 Å². The molecule has 1 spiro atoms. The Labute approximate surface area is 154 Å². The van der Waals surface area contributed by atoms with Gasteiger partial charge >= 0.3 is 0 Å². The van der Waals surface area contributed by atoms with Crippen LogP contribution in [0.3, 0.4) is 0 Å². The molecule has 2 aromatic rings. The summed E-state index contributed by atoms with van der Waals surface area (Å²) in [6.07, 6.45) is 5.50. The van der Waals surface area contributed by atoms with Crippen molar-refractivity contribution in [2.75, 3.05) is 32.1 Å². The molecule has 6 nitrogen and oxygen atoms in total. The molecule has 4 rings (SSSR count). The van der Waals surface area contributed by atoms with E-state index in [0.717, 1.165) is 44.7 Å². The van der Waals surface area contributed by atoms with Gasteiger partial charge in [0.05, 0.1) is 19.3 Å². The highest BCUT2D eigenvalue weighted by Gasteiger charge is 2.47. The molecule has 2 N–H and O–H groups in total. The Balaban J connectivity index is 1.41. The molecule has 2 aliphatic rings. The van der Waals surface area contributed by atoms with Gasteiger partial charge in [0.1, 0.15) is 6.23 Å². The minimum atomic E-state index is -0.488. The molecule has 1 aromatic carbocycles. The van der Waals surface area contributed by atoms with Gasteiger partial charge in [-0.2, -0.15) is 5.10 Å². The monoisotopic (exact) mass is 356 g/mol. The van der Waals surface area contributed by atoms with Gasteiger partial charge in [0.25, 0.3) is 0 Å². The molecular formula is C20H28N4O2. The number of fused-ring (bicyclic) bond motifs is 2. The third kappa shape index (κ3) is 3.13. The van der Waals surface area contributed by atoms with Crippen LogP contribution in [-0.2, 0) is 23.2 Å². The average molecular weight is 356 g/mol. The molecule has 0 bridgehead atoms. The molecule has 0 amide bonds. The molecule has 0 saturated carbocycles. The average Bonchev–Trinajstić information content (AvgIpc) is 3.19. The molecule has 6 heteroatoms. The minimum Gasteiger partial charge on any atom is -0.383 e. The number of nitrogens with zero attached hydrogens (tertiary/aromatic N) is 3. The van der Waals surface area contributed by atoms with Crippen LogP contribution in [0.1, 0.15) is 29.5 Å². The highest BCUT2D eigenvalue weighted by atomic mass is 16.5. The number of rotatable bonds is 5. The van der Waals surface area contributed by atoms with Gasteiger partial charge in [-0.1, -0.05) is 17.7 Å². The molecule has 26 heavy (non-hydrogen) atoms. The summed E-state index contributed by atoms with van der Waals surface area (Å²) in [6, 6.07) is 6.45. The Hall–Kier alpha value is -1.89. The lowest BCUT2D eigenvalue weighted by Crippen LogP contribution is -2.48. The molecule has 0 aliphatic carbocycles. The summed E-state index contributed by atoms with van der Waals surface area (Å²) in [4.78, 5) is 2.46. The fraction of sp³-hybridized carbons (Fsp3) is 0.550. The number of methoxy groups -OCH3 is 1. The number of piperidine rings is 1. The molecule has 1 aromatic heterocycles. The molecule has 2 aliphatic heterocycles. The van der Waals surface area contributed by atoms with E-state index in [2.05, 4.69) is 46.6 Å². The van der Waals surface area contributed by atoms with Crippen LogP contribution < -0.4 is 5.32 Å². The van der Waals surface area contributed by atoms with E-state index in [1.807, 2.05) is 10.9 Å². The zero-order chi connectivity index (χ0) is 18.1. The minimum absolute atomic E-state index is 0.152. The number of benzene rings is 1. The van der Waals surface area contributed by atoms with Gasteiger partial charge in [0.15, 0.2) is 0 Å². The number of aliphatic hydroxyl groups is 1. The third-order valence-corrected chi connectivity index (χ3v) is 5.89. The van der Waals surface area contributed by atoms with E-state index in [1.165, 1.54) is 16.7 Å². The van der Waals surface area contributed by atoms with Crippen LogP contribution in [0.5, 0.6) is 0 Å². The van der Waals surface area contributed by atoms with Gasteiger partial charge in [0, 0.05) is 36.5 Å². The smallest absolute Gasteiger partial charge is 0.134 e. The number of aryl methyl sites for hydroxylation is 1. The lowest BCUT2D eigenvalue weighted by molar-refractivity contribution is 0.0542. The third-order valence-electron chi connectivity index (χ3n) is 5.89. The summed E-state index contributed by atoms with van der Waals surface area (Å²) in [6.45, 7) is 6.46. The molecule has 1 fully saturated rings. The second-order valence-corrected chi connectivity index (χ2v) is 7.63. The van der Waals surface area contributed by atoms with Crippen molar-refractivity contribution in [3.8, 4) is 0 Å². The van der Waals surface area contributed by atoms with Crippen LogP contribution in [0.2, 0.25) is 0 Å². The first-order valence-corrected chi connectivity index (χ1v) is 9.39. The van der Waals surface area contributed by atoms with Crippen LogP contribution in [-0.4, -0.2) is 52.8 Å². The van der Waals surface area contributed by atoms with E-state index < -0.39 is 6.23 Å². The van der Waals surface area contributed by atoms with Crippen molar-refractivity contribution in [3.05, 3.63) is 47.3 Å². The lowest BCUT2D eigenvalue weighted by atomic mass is 9.72. The number of ether oxygens (including phenoxy) is 1. The number of aromatic nitrogens is 2. The van der Waals surface area contributed by atoms with Gasteiger partial charge in [0.2, 0.25) is 0 Å². The first kappa shape index (κ1) is 17.5. The maximum atomic E-state index is 10.7. The van der Waals surface area contributed by atoms with Crippen LogP contribution >= 0.6 is 0 Å². The van der Waals surface area contributed by atoms with E-state index in [-0.39, 0.29) is 5.41 Å². The van der Waals surface area contributed by atoms with E-state index in [1.54, 1.807) is 7.11 Å². The van der Waals surface area contributed by atoms with Gasteiger partial charge in [-0.15, -0.1) is 0 Å². The second kappa shape index (κ2) is 7.02. The fourth-order valence-electron chi connectivity index (χ4n) is 4.33. The maximum Gasteiger partial charge on any atom is 0.134 e. The van der Waals surface area contributed by atoms with Crippen molar-refractivity contribution < 1.29 is 9.84 Å². The van der Waals surface area contributed by atoms with Gasteiger partial charge < -0.3 is 15.2 Å². The zero-order valence-electron chi connectivity index (χ0n) is 15.6. The number of nitrogens with one attached hydrogen (secondary N) is 1. The number of likely N-dealkylation sites (tertiary alicyclic amines) is 1. The van der Waals surface area contributed by atoms with Crippen LogP contribution in [0.4, 0.5) is 5.69 Å². The standard InChI is InChI=1S/C20H28N4O2/c1-15-3-4-18-17(11-15)20(19(25)22-18)5-7-23(8-6-20)13-16-12-21-24(14-16)9-10-26-2/h3-4,11-12,14,19,22,25H,5-10,13H2,1-2H3. The van der Waals surface area contributed by atoms with Gasteiger partial charge in [-0.3, -0.25) is 9.58 Å². The Morgan fingerprint density at radius 3 is 2.92 bits per heavy atom. The van der Waals surface area contributed by atoms with Crippen LogP contribution in [0.25, 0.3) is 0 Å².